The van der Waals surface area contributed by atoms with Gasteiger partial charge in [0, 0.05) is 24.8 Å². The van der Waals surface area contributed by atoms with E-state index in [-0.39, 0.29) is 29.1 Å². The number of carbonyl (C=O) groups is 2. The number of carbonyl (C=O) groups excluding carboxylic acids is 2. The zero-order chi connectivity index (χ0) is 17.3. The number of aromatic nitrogens is 1. The van der Waals surface area contributed by atoms with Gasteiger partial charge >= 0.3 is 0 Å². The summed E-state index contributed by atoms with van der Waals surface area (Å²) in [7, 11) is 0. The highest BCUT2D eigenvalue weighted by Gasteiger charge is 2.35. The molecule has 0 saturated carbocycles. The molecule has 1 aliphatic heterocycles. The number of rotatable bonds is 3. The van der Waals surface area contributed by atoms with E-state index in [2.05, 4.69) is 10.3 Å². The average molecular weight is 364 g/mol. The summed E-state index contributed by atoms with van der Waals surface area (Å²) in [5.74, 6) is -0.566. The molecule has 0 radical (unpaired) electrons. The van der Waals surface area contributed by atoms with Crippen LogP contribution in [0.3, 0.4) is 0 Å². The molecule has 7 heteroatoms. The number of hydrogen-bond acceptors (Lipinski definition) is 3. The lowest BCUT2D eigenvalue weighted by atomic mass is 10.1. The predicted octanol–water partition coefficient (Wildman–Crippen LogP) is 3.69. The first kappa shape index (κ1) is 16.7. The number of hydrogen-bond donors (Lipinski definition) is 1. The Morgan fingerprint density at radius 3 is 2.67 bits per heavy atom. The Balaban J connectivity index is 1.70. The normalized spacial score (nSPS) is 17.2. The maximum Gasteiger partial charge on any atom is 0.231 e. The second kappa shape index (κ2) is 6.79. The molecular weight excluding hydrogens is 349 g/mol. The van der Waals surface area contributed by atoms with Gasteiger partial charge in [0.05, 0.1) is 16.0 Å². The summed E-state index contributed by atoms with van der Waals surface area (Å²) >= 11 is 11.8. The number of halogens is 2. The van der Waals surface area contributed by atoms with Gasteiger partial charge in [-0.1, -0.05) is 40.9 Å². The summed E-state index contributed by atoms with van der Waals surface area (Å²) in [4.78, 5) is 30.3. The van der Waals surface area contributed by atoms with Crippen LogP contribution >= 0.6 is 23.2 Å². The van der Waals surface area contributed by atoms with E-state index in [4.69, 9.17) is 23.2 Å². The Morgan fingerprint density at radius 2 is 2.00 bits per heavy atom. The van der Waals surface area contributed by atoms with Gasteiger partial charge in [-0.2, -0.15) is 0 Å². The fourth-order valence-corrected chi connectivity index (χ4v) is 3.01. The Morgan fingerprint density at radius 1 is 1.29 bits per heavy atom. The van der Waals surface area contributed by atoms with Gasteiger partial charge in [-0.05, 0) is 25.1 Å². The van der Waals surface area contributed by atoms with Crippen LogP contribution in [0.1, 0.15) is 12.0 Å². The van der Waals surface area contributed by atoms with Crippen LogP contribution in [0.2, 0.25) is 10.0 Å². The van der Waals surface area contributed by atoms with Crippen molar-refractivity contribution in [1.29, 1.82) is 0 Å². The number of amides is 2. The molecule has 2 amide bonds. The van der Waals surface area contributed by atoms with Crippen molar-refractivity contribution < 1.29 is 9.59 Å². The average Bonchev–Trinajstić information content (AvgIpc) is 2.93. The number of benzene rings is 1. The number of pyridine rings is 1. The highest BCUT2D eigenvalue weighted by atomic mass is 35.5. The number of anilines is 2. The molecule has 0 aliphatic carbocycles. The molecule has 0 bridgehead atoms. The number of nitrogens with one attached hydrogen (secondary N) is 1. The SMILES string of the molecule is Cc1ccc(N2CC(C(=O)Nc3ncc(Cl)cc3Cl)CC2=O)cc1. The van der Waals surface area contributed by atoms with Crippen LogP contribution in [0.15, 0.2) is 36.5 Å². The van der Waals surface area contributed by atoms with Gasteiger partial charge in [0.25, 0.3) is 0 Å². The zero-order valence-electron chi connectivity index (χ0n) is 12.9. The monoisotopic (exact) mass is 363 g/mol. The zero-order valence-corrected chi connectivity index (χ0v) is 14.4. The lowest BCUT2D eigenvalue weighted by Crippen LogP contribution is -2.28. The molecular formula is C17H15Cl2N3O2. The van der Waals surface area contributed by atoms with Crippen LogP contribution in [0.4, 0.5) is 11.5 Å². The molecule has 1 aliphatic rings. The molecule has 1 aromatic carbocycles. The fraction of sp³-hybridized carbons (Fsp3) is 0.235. The van der Waals surface area contributed by atoms with Crippen LogP contribution in [0, 0.1) is 12.8 Å². The van der Waals surface area contributed by atoms with Crippen molar-refractivity contribution in [3.8, 4) is 0 Å². The van der Waals surface area contributed by atoms with Crippen molar-refractivity contribution >= 4 is 46.5 Å². The first-order valence-electron chi connectivity index (χ1n) is 7.43. The highest BCUT2D eigenvalue weighted by Crippen LogP contribution is 2.28. The summed E-state index contributed by atoms with van der Waals surface area (Å²) in [5.41, 5.74) is 1.91. The van der Waals surface area contributed by atoms with Gasteiger partial charge in [0.2, 0.25) is 11.8 Å². The Labute approximate surface area is 149 Å². The summed E-state index contributed by atoms with van der Waals surface area (Å²) in [6.45, 7) is 2.31. The van der Waals surface area contributed by atoms with Crippen LogP contribution < -0.4 is 10.2 Å². The van der Waals surface area contributed by atoms with Gasteiger partial charge in [-0.3, -0.25) is 9.59 Å². The molecule has 1 fully saturated rings. The topological polar surface area (TPSA) is 62.3 Å². The van der Waals surface area contributed by atoms with Crippen LogP contribution in [0.5, 0.6) is 0 Å². The standard InChI is InChI=1S/C17H15Cl2N3O2/c1-10-2-4-13(5-3-10)22-9-11(6-15(22)23)17(24)21-16-14(19)7-12(18)8-20-16/h2-5,7-8,11H,6,9H2,1H3,(H,20,21,24). The number of nitrogens with zero attached hydrogens (tertiary/aromatic N) is 2. The predicted molar refractivity (Wildman–Crippen MR) is 94.5 cm³/mol. The molecule has 2 aromatic rings. The van der Waals surface area contributed by atoms with Gasteiger partial charge in [0.1, 0.15) is 0 Å². The van der Waals surface area contributed by atoms with Crippen molar-refractivity contribution in [3.05, 3.63) is 52.1 Å². The van der Waals surface area contributed by atoms with E-state index >= 15 is 0 Å². The van der Waals surface area contributed by atoms with Gasteiger partial charge in [-0.15, -0.1) is 0 Å². The molecule has 1 unspecified atom stereocenters. The van der Waals surface area contributed by atoms with Gasteiger partial charge < -0.3 is 10.2 Å². The lowest BCUT2D eigenvalue weighted by Gasteiger charge is -2.17. The largest absolute Gasteiger partial charge is 0.312 e. The van der Waals surface area contributed by atoms with Crippen molar-refractivity contribution in [2.24, 2.45) is 5.92 Å². The van der Waals surface area contributed by atoms with Crippen molar-refractivity contribution in [1.82, 2.24) is 4.98 Å². The summed E-state index contributed by atoms with van der Waals surface area (Å²) < 4.78 is 0. The van der Waals surface area contributed by atoms with Crippen LogP contribution in [0.25, 0.3) is 0 Å². The van der Waals surface area contributed by atoms with Gasteiger partial charge in [-0.25, -0.2) is 4.98 Å². The molecule has 1 saturated heterocycles. The van der Waals surface area contributed by atoms with E-state index in [1.807, 2.05) is 31.2 Å². The second-order valence-corrected chi connectivity index (χ2v) is 6.56. The van der Waals surface area contributed by atoms with Crippen LogP contribution in [-0.2, 0) is 9.59 Å². The molecule has 1 atom stereocenters. The summed E-state index contributed by atoms with van der Waals surface area (Å²) in [6.07, 6.45) is 1.56. The highest BCUT2D eigenvalue weighted by molar-refractivity contribution is 6.36. The van der Waals surface area contributed by atoms with Crippen LogP contribution in [-0.4, -0.2) is 23.3 Å². The molecule has 2 heterocycles. The van der Waals surface area contributed by atoms with E-state index in [0.717, 1.165) is 11.3 Å². The molecule has 0 spiro atoms. The molecule has 24 heavy (non-hydrogen) atoms. The minimum atomic E-state index is -0.452. The van der Waals surface area contributed by atoms with E-state index in [9.17, 15) is 9.59 Å². The molecule has 5 nitrogen and oxygen atoms in total. The second-order valence-electron chi connectivity index (χ2n) is 5.71. The lowest BCUT2D eigenvalue weighted by molar-refractivity contribution is -0.122. The molecule has 3 rings (SSSR count). The smallest absolute Gasteiger partial charge is 0.231 e. The third-order valence-corrected chi connectivity index (χ3v) is 4.39. The Bertz CT molecular complexity index is 793. The van der Waals surface area contributed by atoms with Crippen molar-refractivity contribution in [2.75, 3.05) is 16.8 Å². The van der Waals surface area contributed by atoms with E-state index in [1.54, 1.807) is 4.90 Å². The first-order chi connectivity index (χ1) is 11.4. The van der Waals surface area contributed by atoms with E-state index in [1.165, 1.54) is 12.3 Å². The van der Waals surface area contributed by atoms with Crippen molar-refractivity contribution in [2.45, 2.75) is 13.3 Å². The maximum absolute atomic E-state index is 12.4. The minimum absolute atomic E-state index is 0.0748. The molecule has 1 N–H and O–H groups in total. The number of aryl methyl sites for hydroxylation is 1. The third kappa shape index (κ3) is 3.52. The van der Waals surface area contributed by atoms with Gasteiger partial charge in [0.15, 0.2) is 5.82 Å². The Hall–Kier alpha value is -2.11. The quantitative estimate of drug-likeness (QED) is 0.904. The Kier molecular flexibility index (Phi) is 4.73. The third-order valence-electron chi connectivity index (χ3n) is 3.89. The maximum atomic E-state index is 12.4. The summed E-state index contributed by atoms with van der Waals surface area (Å²) in [6, 6.07) is 9.14. The minimum Gasteiger partial charge on any atom is -0.312 e. The molecule has 124 valence electrons. The van der Waals surface area contributed by atoms with E-state index < -0.39 is 5.92 Å². The molecule has 1 aromatic heterocycles. The first-order valence-corrected chi connectivity index (χ1v) is 8.18. The fourth-order valence-electron chi connectivity index (χ4n) is 2.58. The van der Waals surface area contributed by atoms with Crippen molar-refractivity contribution in [3.63, 3.8) is 0 Å². The summed E-state index contributed by atoms with van der Waals surface area (Å²) in [5, 5.41) is 3.31. The van der Waals surface area contributed by atoms with E-state index in [0.29, 0.717) is 11.6 Å².